The number of carbonyl (C=O) groups excluding carboxylic acids is 1. The number of rotatable bonds is 8. The first kappa shape index (κ1) is 24.6. The summed E-state index contributed by atoms with van der Waals surface area (Å²) >= 11 is 0. The average Bonchev–Trinajstić information content (AvgIpc) is 2.69. The van der Waals surface area contributed by atoms with Gasteiger partial charge in [-0.2, -0.15) is 13.2 Å². The summed E-state index contributed by atoms with van der Waals surface area (Å²) in [5, 5.41) is 8.83. The van der Waals surface area contributed by atoms with Gasteiger partial charge in [0.2, 0.25) is 0 Å². The second-order valence-corrected chi connectivity index (χ2v) is 9.63. The average molecular weight is 463 g/mol. The summed E-state index contributed by atoms with van der Waals surface area (Å²) in [5.41, 5.74) is 0.785. The van der Waals surface area contributed by atoms with Gasteiger partial charge in [0, 0.05) is 11.8 Å². The number of nitrogens with one attached hydrogen (secondary N) is 1. The molecule has 0 saturated carbocycles. The summed E-state index contributed by atoms with van der Waals surface area (Å²) < 4.78 is 79.5. The third-order valence-corrected chi connectivity index (χ3v) is 7.01. The predicted molar refractivity (Wildman–Crippen MR) is 104 cm³/mol. The smallest absolute Gasteiger partial charge is 0.416 e. The van der Waals surface area contributed by atoms with E-state index < -0.39 is 44.7 Å². The van der Waals surface area contributed by atoms with Crippen molar-refractivity contribution in [2.24, 2.45) is 0 Å². The standard InChI is InChI=1S/C20H21F4NO5S/c1-19(18(26)25-27,31(2,28)29)10-9-13-3-6-16(7-4-13)30-12-14-11-15(20(22,23)24)5-8-17(14)21/h3-8,11,27H,9-10,12H2,1-2H3,(H,25,26). The second kappa shape index (κ2) is 9.23. The van der Waals surface area contributed by atoms with Crippen LogP contribution < -0.4 is 10.2 Å². The molecular weight excluding hydrogens is 442 g/mol. The first-order valence-corrected chi connectivity index (χ1v) is 10.9. The zero-order valence-electron chi connectivity index (χ0n) is 16.7. The van der Waals surface area contributed by atoms with Crippen LogP contribution in [0.1, 0.15) is 30.0 Å². The van der Waals surface area contributed by atoms with Gasteiger partial charge in [-0.25, -0.2) is 18.3 Å². The molecular formula is C20H21F4NO5S. The molecule has 0 aliphatic carbocycles. The Bertz CT molecular complexity index is 1040. The van der Waals surface area contributed by atoms with Gasteiger partial charge in [-0.15, -0.1) is 0 Å². The number of amides is 1. The first-order valence-electron chi connectivity index (χ1n) is 8.99. The molecule has 2 rings (SSSR count). The normalized spacial score (nSPS) is 14.0. The Morgan fingerprint density at radius 2 is 1.74 bits per heavy atom. The Kier molecular flexibility index (Phi) is 7.32. The van der Waals surface area contributed by atoms with Crippen LogP contribution in [0.2, 0.25) is 0 Å². The molecule has 6 nitrogen and oxygen atoms in total. The fourth-order valence-electron chi connectivity index (χ4n) is 2.74. The third-order valence-electron chi connectivity index (χ3n) is 4.98. The monoisotopic (exact) mass is 463 g/mol. The molecule has 0 aromatic heterocycles. The number of sulfone groups is 1. The lowest BCUT2D eigenvalue weighted by atomic mass is 9.99. The molecule has 0 fully saturated rings. The number of hydroxylamine groups is 1. The minimum Gasteiger partial charge on any atom is -0.489 e. The maximum Gasteiger partial charge on any atom is 0.416 e. The Morgan fingerprint density at radius 1 is 1.13 bits per heavy atom. The third kappa shape index (κ3) is 5.95. The van der Waals surface area contributed by atoms with Crippen LogP contribution in [0.4, 0.5) is 17.6 Å². The quantitative estimate of drug-likeness (QED) is 0.354. The molecule has 1 amide bonds. The van der Waals surface area contributed by atoms with Crippen molar-refractivity contribution < 1.29 is 40.7 Å². The number of halogens is 4. The Morgan fingerprint density at radius 3 is 2.26 bits per heavy atom. The minimum absolute atomic E-state index is 0.103. The van der Waals surface area contributed by atoms with Gasteiger partial charge in [0.1, 0.15) is 22.9 Å². The summed E-state index contributed by atoms with van der Waals surface area (Å²) in [7, 11) is -3.82. The van der Waals surface area contributed by atoms with Crippen molar-refractivity contribution in [2.75, 3.05) is 6.26 Å². The van der Waals surface area contributed by atoms with Gasteiger partial charge in [0.15, 0.2) is 9.84 Å². The Balaban J connectivity index is 2.06. The molecule has 0 aliphatic rings. The van der Waals surface area contributed by atoms with E-state index >= 15 is 0 Å². The van der Waals surface area contributed by atoms with Crippen molar-refractivity contribution in [2.45, 2.75) is 37.3 Å². The van der Waals surface area contributed by atoms with Crippen molar-refractivity contribution >= 4 is 15.7 Å². The molecule has 31 heavy (non-hydrogen) atoms. The highest BCUT2D eigenvalue weighted by Gasteiger charge is 2.43. The van der Waals surface area contributed by atoms with Crippen LogP contribution in [0.25, 0.3) is 0 Å². The summed E-state index contributed by atoms with van der Waals surface area (Å²) in [5.74, 6) is -1.61. The number of ether oxygens (including phenoxy) is 1. The van der Waals surface area contributed by atoms with Gasteiger partial charge >= 0.3 is 6.18 Å². The molecule has 0 heterocycles. The van der Waals surface area contributed by atoms with Crippen molar-refractivity contribution in [3.8, 4) is 5.75 Å². The lowest BCUT2D eigenvalue weighted by molar-refractivity contribution is -0.137. The van der Waals surface area contributed by atoms with Crippen LogP contribution in [0, 0.1) is 5.82 Å². The molecule has 0 bridgehead atoms. The van der Waals surface area contributed by atoms with Gasteiger partial charge in [-0.3, -0.25) is 10.0 Å². The summed E-state index contributed by atoms with van der Waals surface area (Å²) in [6.45, 7) is 0.785. The topological polar surface area (TPSA) is 92.7 Å². The van der Waals surface area contributed by atoms with Crippen LogP contribution in [-0.2, 0) is 33.8 Å². The Hall–Kier alpha value is -2.66. The molecule has 11 heteroatoms. The van der Waals surface area contributed by atoms with E-state index in [0.717, 1.165) is 12.3 Å². The van der Waals surface area contributed by atoms with E-state index in [9.17, 15) is 30.8 Å². The molecule has 0 saturated heterocycles. The van der Waals surface area contributed by atoms with Gasteiger partial charge in [0.25, 0.3) is 5.91 Å². The summed E-state index contributed by atoms with van der Waals surface area (Å²) in [6.07, 6.45) is -3.63. The predicted octanol–water partition coefficient (Wildman–Crippen LogP) is 3.66. The van der Waals surface area contributed by atoms with Gasteiger partial charge in [-0.05, 0) is 55.7 Å². The van der Waals surface area contributed by atoms with E-state index in [1.54, 1.807) is 12.1 Å². The van der Waals surface area contributed by atoms with E-state index in [1.807, 2.05) is 0 Å². The number of alkyl halides is 3. The number of hydrogen-bond acceptors (Lipinski definition) is 5. The molecule has 0 spiro atoms. The fourth-order valence-corrected chi connectivity index (χ4v) is 3.60. The van der Waals surface area contributed by atoms with Crippen LogP contribution in [0.15, 0.2) is 42.5 Å². The zero-order chi connectivity index (χ0) is 23.4. The van der Waals surface area contributed by atoms with Crippen LogP contribution in [0.5, 0.6) is 5.75 Å². The molecule has 2 aromatic rings. The number of aryl methyl sites for hydroxylation is 1. The first-order chi connectivity index (χ1) is 14.3. The van der Waals surface area contributed by atoms with E-state index in [-0.39, 0.29) is 24.2 Å². The molecule has 1 atom stereocenters. The zero-order valence-corrected chi connectivity index (χ0v) is 17.5. The van der Waals surface area contributed by atoms with Gasteiger partial charge < -0.3 is 4.74 Å². The lowest BCUT2D eigenvalue weighted by Crippen LogP contribution is -2.49. The van der Waals surface area contributed by atoms with E-state index in [2.05, 4.69) is 0 Å². The van der Waals surface area contributed by atoms with Gasteiger partial charge in [0.05, 0.1) is 5.56 Å². The molecule has 2 N–H and O–H groups in total. The van der Waals surface area contributed by atoms with Gasteiger partial charge in [-0.1, -0.05) is 12.1 Å². The van der Waals surface area contributed by atoms with E-state index in [0.29, 0.717) is 17.7 Å². The second-order valence-electron chi connectivity index (χ2n) is 7.18. The Labute approximate surface area is 176 Å². The largest absolute Gasteiger partial charge is 0.489 e. The SMILES string of the molecule is CC(CCc1ccc(OCc2cc(C(F)(F)F)ccc2F)cc1)(C(=O)NO)S(C)(=O)=O. The lowest BCUT2D eigenvalue weighted by Gasteiger charge is -2.25. The van der Waals surface area contributed by atoms with Crippen LogP contribution in [0.3, 0.4) is 0 Å². The van der Waals surface area contributed by atoms with Crippen molar-refractivity contribution in [1.29, 1.82) is 0 Å². The molecule has 0 aliphatic heterocycles. The number of carbonyl (C=O) groups is 1. The highest BCUT2D eigenvalue weighted by Crippen LogP contribution is 2.31. The van der Waals surface area contributed by atoms with Crippen molar-refractivity contribution in [1.82, 2.24) is 5.48 Å². The van der Waals surface area contributed by atoms with Crippen LogP contribution in [-0.4, -0.2) is 30.5 Å². The van der Waals surface area contributed by atoms with Crippen molar-refractivity contribution in [3.05, 3.63) is 65.0 Å². The molecule has 1 unspecified atom stereocenters. The molecule has 0 radical (unpaired) electrons. The number of hydrogen-bond donors (Lipinski definition) is 2. The molecule has 2 aromatic carbocycles. The fraction of sp³-hybridized carbons (Fsp3) is 0.350. The van der Waals surface area contributed by atoms with E-state index in [1.165, 1.54) is 24.5 Å². The van der Waals surface area contributed by atoms with Crippen molar-refractivity contribution in [3.63, 3.8) is 0 Å². The number of benzene rings is 2. The summed E-state index contributed by atoms with van der Waals surface area (Å²) in [6, 6.07) is 8.20. The highest BCUT2D eigenvalue weighted by atomic mass is 32.2. The summed E-state index contributed by atoms with van der Waals surface area (Å²) in [4.78, 5) is 11.8. The maximum atomic E-state index is 13.8. The minimum atomic E-state index is -4.60. The van der Waals surface area contributed by atoms with Crippen LogP contribution >= 0.6 is 0 Å². The van der Waals surface area contributed by atoms with E-state index in [4.69, 9.17) is 9.94 Å². The molecule has 170 valence electrons. The highest BCUT2D eigenvalue weighted by molar-refractivity contribution is 7.92. The maximum absolute atomic E-state index is 13.8.